The maximum Gasteiger partial charge on any atom is 0.410 e. The van der Waals surface area contributed by atoms with E-state index in [9.17, 15) is 22.9 Å². The molecule has 1 aromatic rings. The summed E-state index contributed by atoms with van der Waals surface area (Å²) in [6.45, 7) is 11.6. The Kier molecular flexibility index (Phi) is 9.32. The van der Waals surface area contributed by atoms with Crippen molar-refractivity contribution in [3.63, 3.8) is 0 Å². The molecule has 0 aromatic heterocycles. The molecule has 210 valence electrons. The molecule has 3 rings (SSSR count). The molecule has 2 atom stereocenters. The van der Waals surface area contributed by atoms with Crippen LogP contribution in [0.1, 0.15) is 66.0 Å². The van der Waals surface area contributed by atoms with Crippen molar-refractivity contribution in [2.24, 2.45) is 5.92 Å². The zero-order valence-corrected chi connectivity index (χ0v) is 25.2. The second-order valence-electron chi connectivity index (χ2n) is 11.6. The van der Waals surface area contributed by atoms with Crippen LogP contribution in [0.5, 0.6) is 5.75 Å². The highest BCUT2D eigenvalue weighted by Crippen LogP contribution is 2.41. The summed E-state index contributed by atoms with van der Waals surface area (Å²) in [4.78, 5) is 13.6. The highest BCUT2D eigenvalue weighted by atomic mass is 35.5. The summed E-state index contributed by atoms with van der Waals surface area (Å²) >= 11 is 10.8. The monoisotopic (exact) mass is 597 g/mol. The lowest BCUT2D eigenvalue weighted by Crippen LogP contribution is -2.61. The van der Waals surface area contributed by atoms with Crippen molar-refractivity contribution in [3.8, 4) is 5.75 Å². The molecular weight excluding hydrogens is 561 g/mol. The Hall–Kier alpha value is -0.950. The van der Waals surface area contributed by atoms with Crippen LogP contribution in [0.25, 0.3) is 0 Å². The number of phenols is 1. The van der Waals surface area contributed by atoms with Gasteiger partial charge in [-0.25, -0.2) is 17.5 Å². The van der Waals surface area contributed by atoms with Gasteiger partial charge in [0.25, 0.3) is 0 Å². The quantitative estimate of drug-likeness (QED) is 0.464. The fourth-order valence-electron chi connectivity index (χ4n) is 4.28. The summed E-state index contributed by atoms with van der Waals surface area (Å²) in [6.07, 6.45) is 0.459. The first kappa shape index (κ1) is 30.6. The fraction of sp³-hybridized carbons (Fsp3) is 0.708. The third-order valence-electron chi connectivity index (χ3n) is 6.45. The molecule has 1 aromatic carbocycles. The minimum absolute atomic E-state index is 0.0652. The minimum Gasteiger partial charge on any atom is -0.598 e. The van der Waals surface area contributed by atoms with E-state index in [4.69, 9.17) is 27.9 Å². The number of amides is 1. The number of likely N-dealkylation sites (tertiary alicyclic amines) is 1. The van der Waals surface area contributed by atoms with E-state index in [1.54, 1.807) is 26.8 Å². The molecule has 0 saturated carbocycles. The van der Waals surface area contributed by atoms with Gasteiger partial charge in [0.15, 0.2) is 0 Å². The van der Waals surface area contributed by atoms with E-state index >= 15 is 0 Å². The van der Waals surface area contributed by atoms with E-state index in [1.807, 2.05) is 20.8 Å². The van der Waals surface area contributed by atoms with Gasteiger partial charge in [-0.2, -0.15) is 0 Å². The number of carbonyl (C=O) groups excluding carboxylic acids is 1. The van der Waals surface area contributed by atoms with Gasteiger partial charge in [-0.1, -0.05) is 23.2 Å². The number of hydrogen-bond acceptors (Lipinski definition) is 7. The second kappa shape index (κ2) is 11.3. The van der Waals surface area contributed by atoms with E-state index in [1.165, 1.54) is 15.3 Å². The van der Waals surface area contributed by atoms with Gasteiger partial charge in [-0.3, -0.25) is 0 Å². The van der Waals surface area contributed by atoms with Crippen LogP contribution in [-0.2, 0) is 26.1 Å². The molecule has 37 heavy (non-hydrogen) atoms. The Bertz CT molecular complexity index is 1090. The number of nitrogens with one attached hydrogen (secondary N) is 1. The highest BCUT2D eigenvalue weighted by Gasteiger charge is 2.46. The van der Waals surface area contributed by atoms with Gasteiger partial charge in [0, 0.05) is 49.2 Å². The Morgan fingerprint density at radius 3 is 2.19 bits per heavy atom. The maximum atomic E-state index is 13.2. The summed E-state index contributed by atoms with van der Waals surface area (Å²) in [6, 6.07) is 2.41. The molecule has 2 aliphatic heterocycles. The molecule has 1 amide bonds. The van der Waals surface area contributed by atoms with Crippen LogP contribution in [0.15, 0.2) is 12.1 Å². The van der Waals surface area contributed by atoms with Crippen molar-refractivity contribution in [2.75, 3.05) is 26.2 Å². The van der Waals surface area contributed by atoms with Crippen molar-refractivity contribution in [2.45, 2.75) is 76.0 Å². The van der Waals surface area contributed by atoms with Gasteiger partial charge < -0.3 is 19.3 Å². The number of phenolic OH excluding ortho intramolecular Hbond substituents is 1. The second-order valence-corrected chi connectivity index (χ2v) is 16.6. The lowest BCUT2D eigenvalue weighted by Gasteiger charge is -2.43. The molecule has 0 radical (unpaired) electrons. The van der Waals surface area contributed by atoms with Crippen LogP contribution in [0.4, 0.5) is 4.79 Å². The van der Waals surface area contributed by atoms with E-state index in [0.29, 0.717) is 18.4 Å². The van der Waals surface area contributed by atoms with Crippen molar-refractivity contribution in [3.05, 3.63) is 27.7 Å². The van der Waals surface area contributed by atoms with Gasteiger partial charge in [-0.15, -0.1) is 4.72 Å². The van der Waals surface area contributed by atoms with Gasteiger partial charge in [0.1, 0.15) is 21.3 Å². The molecular formula is C24H37Cl2N3O6S2. The number of nitrogens with zero attached hydrogens (tertiary/aromatic N) is 2. The summed E-state index contributed by atoms with van der Waals surface area (Å²) in [5.41, 5.74) is -0.173. The summed E-state index contributed by atoms with van der Waals surface area (Å²) < 4.78 is 48.8. The van der Waals surface area contributed by atoms with E-state index in [-0.39, 0.29) is 47.9 Å². The average molecular weight is 599 g/mol. The number of sulfonamides is 1. The molecule has 0 unspecified atom stereocenters. The van der Waals surface area contributed by atoms with Crippen LogP contribution >= 0.6 is 23.2 Å². The fourth-order valence-corrected chi connectivity index (χ4v) is 7.39. The summed E-state index contributed by atoms with van der Waals surface area (Å²) in [5.74, 6) is -0.176. The van der Waals surface area contributed by atoms with Crippen molar-refractivity contribution >= 4 is 50.7 Å². The number of benzene rings is 1. The summed E-state index contributed by atoms with van der Waals surface area (Å²) in [5, 5.41) is 10.4. The van der Waals surface area contributed by atoms with Gasteiger partial charge >= 0.3 is 6.09 Å². The molecule has 0 spiro atoms. The smallest absolute Gasteiger partial charge is 0.410 e. The molecule has 2 heterocycles. The van der Waals surface area contributed by atoms with Crippen LogP contribution in [0.3, 0.4) is 0 Å². The Labute approximate surface area is 233 Å². The number of piperidine rings is 1. The third-order valence-corrected chi connectivity index (χ3v) is 11.0. The zero-order chi connectivity index (χ0) is 27.9. The SMILES string of the molecule is CC(C)(C)OC(=O)N1CC(S(=O)(=O)N2CCC([C@@H](N[S@@+]([O-])C(C)(C)C)c3cc(Cl)c(Cl)cc3O)CC2)C1. The number of carbonyl (C=O) groups is 1. The molecule has 2 aliphatic rings. The Balaban J connectivity index is 1.70. The number of halogens is 2. The topological polar surface area (TPSA) is 122 Å². The van der Waals surface area contributed by atoms with Crippen molar-refractivity contribution in [1.29, 1.82) is 0 Å². The third kappa shape index (κ3) is 7.38. The molecule has 0 bridgehead atoms. The first-order valence-corrected chi connectivity index (χ1v) is 15.6. The lowest BCUT2D eigenvalue weighted by molar-refractivity contribution is 0.0135. The number of rotatable bonds is 6. The number of aromatic hydroxyl groups is 1. The Morgan fingerprint density at radius 2 is 1.68 bits per heavy atom. The average Bonchev–Trinajstić information content (AvgIpc) is 2.71. The molecule has 13 heteroatoms. The molecule has 2 saturated heterocycles. The van der Waals surface area contributed by atoms with Crippen LogP contribution in [0, 0.1) is 5.92 Å². The van der Waals surface area contributed by atoms with E-state index < -0.39 is 49.1 Å². The zero-order valence-electron chi connectivity index (χ0n) is 22.1. The Morgan fingerprint density at radius 1 is 1.14 bits per heavy atom. The van der Waals surface area contributed by atoms with Crippen LogP contribution in [-0.4, -0.2) is 75.2 Å². The normalized spacial score (nSPS) is 20.4. The first-order valence-electron chi connectivity index (χ1n) is 12.2. The standard InChI is InChI=1S/C24H37Cl2N3O6S2/c1-23(2,3)35-22(31)28-13-16(14-28)37(33,34)29-9-7-15(8-10-29)21(27-36(32)24(4,5)6)17-11-18(25)19(26)12-20(17)30/h11-12,15-16,21,27,30H,7-10,13-14H2,1-6H3/t21-,36+/m1/s1. The molecule has 9 nitrogen and oxygen atoms in total. The predicted octanol–water partition coefficient (Wildman–Crippen LogP) is 4.45. The van der Waals surface area contributed by atoms with Crippen molar-refractivity contribution in [1.82, 2.24) is 13.9 Å². The minimum atomic E-state index is -3.60. The van der Waals surface area contributed by atoms with Gasteiger partial charge in [0.05, 0.1) is 16.1 Å². The summed E-state index contributed by atoms with van der Waals surface area (Å²) in [7, 11) is -3.60. The lowest BCUT2D eigenvalue weighted by atomic mass is 9.86. The number of ether oxygens (including phenoxy) is 1. The van der Waals surface area contributed by atoms with E-state index in [0.717, 1.165) is 0 Å². The predicted molar refractivity (Wildman–Crippen MR) is 147 cm³/mol. The first-order chi connectivity index (χ1) is 16.9. The highest BCUT2D eigenvalue weighted by molar-refractivity contribution is 7.90. The number of hydrogen-bond donors (Lipinski definition) is 2. The molecule has 2 N–H and O–H groups in total. The largest absolute Gasteiger partial charge is 0.598 e. The van der Waals surface area contributed by atoms with Gasteiger partial charge in [0.2, 0.25) is 10.0 Å². The van der Waals surface area contributed by atoms with Crippen molar-refractivity contribution < 1.29 is 27.6 Å². The maximum absolute atomic E-state index is 13.2. The molecule has 0 aliphatic carbocycles. The van der Waals surface area contributed by atoms with Gasteiger partial charge in [-0.05, 0) is 66.4 Å². The van der Waals surface area contributed by atoms with E-state index in [2.05, 4.69) is 4.72 Å². The van der Waals surface area contributed by atoms with Crippen LogP contribution in [0.2, 0.25) is 10.0 Å². The van der Waals surface area contributed by atoms with Crippen LogP contribution < -0.4 is 4.72 Å². The molecule has 2 fully saturated rings.